The Bertz CT molecular complexity index is 172. The molecule has 0 heterocycles. The molecular formula is C9H12. The maximum absolute atomic E-state index is 2.18. The van der Waals surface area contributed by atoms with Crippen molar-refractivity contribution >= 4 is 0 Å². The summed E-state index contributed by atoms with van der Waals surface area (Å²) in [7, 11) is 0. The van der Waals surface area contributed by atoms with Gasteiger partial charge in [-0.05, 0) is 18.9 Å². The number of hydrogen-bond acceptors (Lipinski definition) is 0. The lowest BCUT2D eigenvalue weighted by atomic mass is 10.1. The molecule has 0 N–H and O–H groups in total. The van der Waals surface area contributed by atoms with Crippen molar-refractivity contribution in [2.45, 2.75) is 20.3 Å². The van der Waals surface area contributed by atoms with Crippen molar-refractivity contribution < 1.29 is 0 Å². The van der Waals surface area contributed by atoms with Gasteiger partial charge in [-0.3, -0.25) is 0 Å². The summed E-state index contributed by atoms with van der Waals surface area (Å²) in [4.78, 5) is 0. The van der Waals surface area contributed by atoms with Crippen LogP contribution in [0.25, 0.3) is 0 Å². The molecule has 0 spiro atoms. The Kier molecular flexibility index (Phi) is 1.88. The Labute approximate surface area is 56.5 Å². The van der Waals surface area contributed by atoms with Crippen LogP contribution in [0.2, 0.25) is 0 Å². The smallest absolute Gasteiger partial charge is 0.0307 e. The molecule has 0 saturated carbocycles. The van der Waals surface area contributed by atoms with Crippen molar-refractivity contribution in [3.63, 3.8) is 0 Å². The largest absolute Gasteiger partial charge is 0.0613 e. The highest BCUT2D eigenvalue weighted by molar-refractivity contribution is 5.20. The molecule has 0 radical (unpaired) electrons. The lowest BCUT2D eigenvalue weighted by Crippen LogP contribution is -1.77. The van der Waals surface area contributed by atoms with E-state index in [0.29, 0.717) is 0 Å². The maximum Gasteiger partial charge on any atom is -0.0307 e. The molecular weight excluding hydrogens is 108 g/mol. The standard InChI is InChI=1S/C9H12/c1-3-9-6-4-8(2)5-7-9/h4-7H,3H2,1-2H3. The Morgan fingerprint density at radius 3 is 2.11 bits per heavy atom. The highest BCUT2D eigenvalue weighted by atomic mass is 13.9. The fourth-order valence-electron chi connectivity index (χ4n) is 0.824. The van der Waals surface area contributed by atoms with Crippen molar-refractivity contribution in [2.24, 2.45) is 0 Å². The summed E-state index contributed by atoms with van der Waals surface area (Å²) in [6.07, 6.45) is 1.14. The van der Waals surface area contributed by atoms with Gasteiger partial charge < -0.3 is 0 Å². The Hall–Kier alpha value is -0.780. The summed E-state index contributed by atoms with van der Waals surface area (Å²) >= 11 is 0. The Balaban J connectivity index is 2.88. The van der Waals surface area contributed by atoms with Crippen molar-refractivity contribution in [1.82, 2.24) is 0 Å². The Morgan fingerprint density at radius 1 is 1.11 bits per heavy atom. The van der Waals surface area contributed by atoms with Gasteiger partial charge in [0.05, 0.1) is 0 Å². The first-order valence-electron chi connectivity index (χ1n) is 3.38. The third-order valence-corrected chi connectivity index (χ3v) is 1.53. The monoisotopic (exact) mass is 120 g/mol. The molecule has 1 aromatic rings. The summed E-state index contributed by atoms with van der Waals surface area (Å²) in [5.41, 5.74) is 2.76. The lowest BCUT2D eigenvalue weighted by Gasteiger charge is -1.94. The van der Waals surface area contributed by atoms with Crippen LogP contribution in [0.4, 0.5) is 0 Å². The van der Waals surface area contributed by atoms with Crippen LogP contribution in [-0.4, -0.2) is 0 Å². The van der Waals surface area contributed by atoms with E-state index in [-0.39, 0.29) is 0 Å². The van der Waals surface area contributed by atoms with Gasteiger partial charge in [0.25, 0.3) is 0 Å². The SMILES string of the molecule is CCc1ccc(C)cc1. The molecule has 0 nitrogen and oxygen atoms in total. The molecule has 9 heavy (non-hydrogen) atoms. The van der Waals surface area contributed by atoms with E-state index in [1.165, 1.54) is 11.1 Å². The molecule has 1 aromatic carbocycles. The van der Waals surface area contributed by atoms with Crippen LogP contribution in [-0.2, 0) is 6.42 Å². The summed E-state index contributed by atoms with van der Waals surface area (Å²) in [6, 6.07) is 8.66. The van der Waals surface area contributed by atoms with Gasteiger partial charge in [0.1, 0.15) is 0 Å². The maximum atomic E-state index is 2.18. The van der Waals surface area contributed by atoms with Crippen molar-refractivity contribution in [1.29, 1.82) is 0 Å². The van der Waals surface area contributed by atoms with Gasteiger partial charge >= 0.3 is 0 Å². The van der Waals surface area contributed by atoms with Crippen LogP contribution in [0.1, 0.15) is 18.1 Å². The average molecular weight is 120 g/mol. The van der Waals surface area contributed by atoms with Gasteiger partial charge in [-0.1, -0.05) is 36.8 Å². The van der Waals surface area contributed by atoms with E-state index in [4.69, 9.17) is 0 Å². The third-order valence-electron chi connectivity index (χ3n) is 1.53. The normalized spacial score (nSPS) is 9.56. The van der Waals surface area contributed by atoms with E-state index in [1.807, 2.05) is 0 Å². The molecule has 0 fully saturated rings. The number of benzene rings is 1. The molecule has 0 aliphatic heterocycles. The minimum Gasteiger partial charge on any atom is -0.0613 e. The average Bonchev–Trinajstić information content (AvgIpc) is 1.90. The minimum absolute atomic E-state index is 1.14. The first-order chi connectivity index (χ1) is 4.33. The zero-order valence-corrected chi connectivity index (χ0v) is 6.02. The quantitative estimate of drug-likeness (QED) is 0.534. The summed E-state index contributed by atoms with van der Waals surface area (Å²) < 4.78 is 0. The van der Waals surface area contributed by atoms with E-state index in [0.717, 1.165) is 6.42 Å². The van der Waals surface area contributed by atoms with Crippen molar-refractivity contribution in [2.75, 3.05) is 0 Å². The topological polar surface area (TPSA) is 0 Å². The van der Waals surface area contributed by atoms with Crippen LogP contribution in [0.3, 0.4) is 0 Å². The first-order valence-corrected chi connectivity index (χ1v) is 3.38. The number of rotatable bonds is 1. The highest BCUT2D eigenvalue weighted by Gasteiger charge is 1.84. The Morgan fingerprint density at radius 2 is 1.67 bits per heavy atom. The van der Waals surface area contributed by atoms with E-state index >= 15 is 0 Å². The molecule has 0 aliphatic carbocycles. The fourth-order valence-corrected chi connectivity index (χ4v) is 0.824. The minimum atomic E-state index is 1.14. The first kappa shape index (κ1) is 6.34. The predicted octanol–water partition coefficient (Wildman–Crippen LogP) is 2.56. The van der Waals surface area contributed by atoms with E-state index < -0.39 is 0 Å². The summed E-state index contributed by atoms with van der Waals surface area (Å²) in [6.45, 7) is 4.28. The zero-order chi connectivity index (χ0) is 6.69. The lowest BCUT2D eigenvalue weighted by molar-refractivity contribution is 1.14. The van der Waals surface area contributed by atoms with Gasteiger partial charge in [0.2, 0.25) is 0 Å². The second kappa shape index (κ2) is 2.67. The van der Waals surface area contributed by atoms with Gasteiger partial charge in [-0.2, -0.15) is 0 Å². The van der Waals surface area contributed by atoms with Gasteiger partial charge in [-0.25, -0.2) is 0 Å². The van der Waals surface area contributed by atoms with Crippen LogP contribution in [0, 0.1) is 6.92 Å². The predicted molar refractivity (Wildman–Crippen MR) is 40.6 cm³/mol. The third kappa shape index (κ3) is 1.56. The molecule has 0 saturated heterocycles. The summed E-state index contributed by atoms with van der Waals surface area (Å²) in [5.74, 6) is 0. The van der Waals surface area contributed by atoms with Crippen molar-refractivity contribution in [3.8, 4) is 0 Å². The molecule has 0 atom stereocenters. The van der Waals surface area contributed by atoms with Gasteiger partial charge in [-0.15, -0.1) is 0 Å². The summed E-state index contributed by atoms with van der Waals surface area (Å²) in [5, 5.41) is 0. The van der Waals surface area contributed by atoms with Crippen LogP contribution >= 0.6 is 0 Å². The fraction of sp³-hybridized carbons (Fsp3) is 0.333. The van der Waals surface area contributed by atoms with Crippen LogP contribution < -0.4 is 0 Å². The molecule has 0 aliphatic rings. The molecule has 48 valence electrons. The zero-order valence-electron chi connectivity index (χ0n) is 6.02. The molecule has 0 aromatic heterocycles. The number of aryl methyl sites for hydroxylation is 2. The van der Waals surface area contributed by atoms with Crippen LogP contribution in [0.15, 0.2) is 24.3 Å². The molecule has 0 bridgehead atoms. The second-order valence-corrected chi connectivity index (χ2v) is 2.34. The van der Waals surface area contributed by atoms with E-state index in [9.17, 15) is 0 Å². The molecule has 0 amide bonds. The molecule has 1 rings (SSSR count). The molecule has 0 heteroatoms. The second-order valence-electron chi connectivity index (χ2n) is 2.34. The number of hydrogen-bond donors (Lipinski definition) is 0. The van der Waals surface area contributed by atoms with Crippen LogP contribution in [0.5, 0.6) is 0 Å². The highest BCUT2D eigenvalue weighted by Crippen LogP contribution is 2.02. The van der Waals surface area contributed by atoms with Gasteiger partial charge in [0, 0.05) is 0 Å². The van der Waals surface area contributed by atoms with E-state index in [1.54, 1.807) is 0 Å². The van der Waals surface area contributed by atoms with Gasteiger partial charge in [0.15, 0.2) is 0 Å². The van der Waals surface area contributed by atoms with E-state index in [2.05, 4.69) is 38.1 Å². The molecule has 0 unspecified atom stereocenters. The van der Waals surface area contributed by atoms with Crippen molar-refractivity contribution in [3.05, 3.63) is 35.4 Å².